The summed E-state index contributed by atoms with van der Waals surface area (Å²) in [7, 11) is -8.45. The van der Waals surface area contributed by atoms with E-state index in [-0.39, 0.29) is 9.79 Å². The molecule has 2 N–H and O–H groups in total. The molecule has 0 saturated heterocycles. The highest BCUT2D eigenvalue weighted by Gasteiger charge is 2.12. The van der Waals surface area contributed by atoms with Crippen molar-refractivity contribution in [2.45, 2.75) is 36.5 Å². The minimum absolute atomic E-state index is 0.132. The molecular weight excluding hydrogens is 472 g/mol. The number of hydrogen-bond donors (Lipinski definition) is 2. The minimum Gasteiger partial charge on any atom is -0.379 e. The van der Waals surface area contributed by atoms with Gasteiger partial charge in [0.05, 0.1) is 49.4 Å². The lowest BCUT2D eigenvalue weighted by Gasteiger charge is -2.10. The van der Waals surface area contributed by atoms with Gasteiger partial charge < -0.3 is 14.2 Å². The van der Waals surface area contributed by atoms with E-state index in [1.165, 1.54) is 24.3 Å². The summed E-state index contributed by atoms with van der Waals surface area (Å²) < 4.78 is 79.7. The molecule has 11 heteroatoms. The van der Waals surface area contributed by atoms with Crippen molar-refractivity contribution in [2.75, 3.05) is 39.6 Å². The van der Waals surface area contributed by atoms with Crippen molar-refractivity contribution in [2.24, 2.45) is 0 Å². The number of ether oxygens (including phenoxy) is 3. The van der Waals surface area contributed by atoms with Crippen LogP contribution in [0.4, 0.5) is 0 Å². The Morgan fingerprint density at radius 1 is 0.606 bits per heavy atom. The highest BCUT2D eigenvalue weighted by Crippen LogP contribution is 2.17. The second-order valence-corrected chi connectivity index (χ2v) is 10.3. The van der Waals surface area contributed by atoms with Gasteiger partial charge in [-0.15, -0.1) is 0 Å². The van der Waals surface area contributed by atoms with Gasteiger partial charge in [0.25, 0.3) is 20.2 Å². The van der Waals surface area contributed by atoms with Crippen LogP contribution in [0.2, 0.25) is 0 Å². The maximum atomic E-state index is 11.2. The summed E-state index contributed by atoms with van der Waals surface area (Å²) in [6.07, 6.45) is 1.02. The second kappa shape index (κ2) is 12.6. The monoisotopic (exact) mass is 502 g/mol. The van der Waals surface area contributed by atoms with Crippen molar-refractivity contribution < 1.29 is 40.2 Å². The maximum absolute atomic E-state index is 11.2. The lowest BCUT2D eigenvalue weighted by Crippen LogP contribution is -2.12. The van der Waals surface area contributed by atoms with Crippen LogP contribution in [-0.4, -0.2) is 65.6 Å². The smallest absolute Gasteiger partial charge is 0.294 e. The Morgan fingerprint density at radius 3 is 1.27 bits per heavy atom. The zero-order valence-corrected chi connectivity index (χ0v) is 20.3. The highest BCUT2D eigenvalue weighted by molar-refractivity contribution is 7.86. The van der Waals surface area contributed by atoms with Crippen molar-refractivity contribution in [3.63, 3.8) is 0 Å². The second-order valence-electron chi connectivity index (χ2n) is 7.46. The van der Waals surface area contributed by atoms with E-state index >= 15 is 0 Å². The van der Waals surface area contributed by atoms with Gasteiger partial charge in [-0.25, -0.2) is 0 Å². The molecule has 0 aliphatic carbocycles. The van der Waals surface area contributed by atoms with Crippen LogP contribution in [0, 0.1) is 13.8 Å². The maximum Gasteiger partial charge on any atom is 0.294 e. The molecule has 33 heavy (non-hydrogen) atoms. The Labute approximate surface area is 195 Å². The molecule has 0 amide bonds. The van der Waals surface area contributed by atoms with Crippen LogP contribution in [0.1, 0.15) is 22.3 Å². The van der Waals surface area contributed by atoms with Gasteiger partial charge in [-0.05, 0) is 73.2 Å². The van der Waals surface area contributed by atoms with Gasteiger partial charge in [-0.2, -0.15) is 16.8 Å². The summed E-state index contributed by atoms with van der Waals surface area (Å²) in [5, 5.41) is 0. The molecule has 0 aliphatic heterocycles. The predicted molar refractivity (Wildman–Crippen MR) is 122 cm³/mol. The Morgan fingerprint density at radius 2 is 0.939 bits per heavy atom. The Hall–Kier alpha value is -1.86. The summed E-state index contributed by atoms with van der Waals surface area (Å²) in [6.45, 7) is 6.00. The van der Waals surface area contributed by atoms with E-state index in [2.05, 4.69) is 0 Å². The number of hydrogen-bond acceptors (Lipinski definition) is 7. The molecule has 184 valence electrons. The average molecular weight is 503 g/mol. The lowest BCUT2D eigenvalue weighted by molar-refractivity contribution is 0.0156. The average Bonchev–Trinajstić information content (AvgIpc) is 2.72. The van der Waals surface area contributed by atoms with E-state index in [9.17, 15) is 16.8 Å². The van der Waals surface area contributed by atoms with Crippen molar-refractivity contribution in [3.8, 4) is 0 Å². The standard InChI is InChI=1S/C22H30O9S2/c1-17-3-5-21(32(23,24)25)15-19(17)7-9-29-11-13-31-14-12-30-10-8-20-16-22(33(26,27)28)6-4-18(20)2/h3-6,15-16H,7-14H2,1-2H3,(H,23,24,25)(H,26,27,28). The zero-order chi connectivity index (χ0) is 24.5. The summed E-state index contributed by atoms with van der Waals surface area (Å²) in [5.41, 5.74) is 3.41. The molecule has 0 bridgehead atoms. The minimum atomic E-state index is -4.23. The van der Waals surface area contributed by atoms with E-state index in [0.29, 0.717) is 52.5 Å². The molecule has 0 aliphatic rings. The molecule has 2 aromatic carbocycles. The van der Waals surface area contributed by atoms with Gasteiger partial charge in [-0.1, -0.05) is 12.1 Å². The molecule has 2 rings (SSSR count). The number of benzene rings is 2. The van der Waals surface area contributed by atoms with E-state index in [1.807, 2.05) is 13.8 Å². The van der Waals surface area contributed by atoms with Gasteiger partial charge >= 0.3 is 0 Å². The van der Waals surface area contributed by atoms with Gasteiger partial charge in [0.15, 0.2) is 0 Å². The quantitative estimate of drug-likeness (QED) is 0.295. The summed E-state index contributed by atoms with van der Waals surface area (Å²) >= 11 is 0. The fourth-order valence-corrected chi connectivity index (χ4v) is 4.12. The Kier molecular flexibility index (Phi) is 10.4. The first-order chi connectivity index (χ1) is 15.5. The SMILES string of the molecule is Cc1ccc(S(=O)(=O)O)cc1CCOCCOCCOCCc1cc(S(=O)(=O)O)ccc1C. The van der Waals surface area contributed by atoms with E-state index in [0.717, 1.165) is 22.3 Å². The highest BCUT2D eigenvalue weighted by atomic mass is 32.2. The van der Waals surface area contributed by atoms with Gasteiger partial charge in [0, 0.05) is 0 Å². The normalized spacial score (nSPS) is 12.2. The topological polar surface area (TPSA) is 136 Å². The van der Waals surface area contributed by atoms with Crippen molar-refractivity contribution in [1.82, 2.24) is 0 Å². The third kappa shape index (κ3) is 9.49. The summed E-state index contributed by atoms with van der Waals surface area (Å²) in [4.78, 5) is -0.263. The Balaban J connectivity index is 1.57. The number of aryl methyl sites for hydroxylation is 2. The molecule has 0 fully saturated rings. The molecule has 0 atom stereocenters. The van der Waals surface area contributed by atoms with Crippen molar-refractivity contribution in [1.29, 1.82) is 0 Å². The van der Waals surface area contributed by atoms with Crippen LogP contribution in [0.5, 0.6) is 0 Å². The van der Waals surface area contributed by atoms with Crippen LogP contribution in [0.3, 0.4) is 0 Å². The molecular formula is C22H30O9S2. The van der Waals surface area contributed by atoms with Gasteiger partial charge in [0.1, 0.15) is 0 Å². The fraction of sp³-hybridized carbons (Fsp3) is 0.455. The first-order valence-corrected chi connectivity index (χ1v) is 13.2. The molecule has 2 aromatic rings. The van der Waals surface area contributed by atoms with Crippen LogP contribution < -0.4 is 0 Å². The fourth-order valence-electron chi connectivity index (χ4n) is 3.06. The molecule has 0 heterocycles. The third-order valence-corrected chi connectivity index (χ3v) is 6.71. The summed E-state index contributed by atoms with van der Waals surface area (Å²) in [5.74, 6) is 0. The lowest BCUT2D eigenvalue weighted by atomic mass is 10.1. The van der Waals surface area contributed by atoms with Crippen LogP contribution in [0.25, 0.3) is 0 Å². The van der Waals surface area contributed by atoms with Gasteiger partial charge in [0.2, 0.25) is 0 Å². The van der Waals surface area contributed by atoms with Crippen molar-refractivity contribution >= 4 is 20.2 Å². The van der Waals surface area contributed by atoms with Crippen LogP contribution >= 0.6 is 0 Å². The first-order valence-electron chi connectivity index (χ1n) is 10.4. The predicted octanol–water partition coefficient (Wildman–Crippen LogP) is 2.63. The molecule has 0 aromatic heterocycles. The van der Waals surface area contributed by atoms with E-state index in [1.54, 1.807) is 12.1 Å². The molecule has 0 saturated carbocycles. The molecule has 9 nitrogen and oxygen atoms in total. The molecule has 0 spiro atoms. The molecule has 0 unspecified atom stereocenters. The zero-order valence-electron chi connectivity index (χ0n) is 18.7. The third-order valence-electron chi connectivity index (χ3n) is 5.01. The van der Waals surface area contributed by atoms with E-state index in [4.69, 9.17) is 23.3 Å². The van der Waals surface area contributed by atoms with E-state index < -0.39 is 20.2 Å². The van der Waals surface area contributed by atoms with Crippen LogP contribution in [-0.2, 0) is 47.3 Å². The molecule has 0 radical (unpaired) electrons. The first kappa shape index (κ1) is 27.4. The van der Waals surface area contributed by atoms with Crippen LogP contribution in [0.15, 0.2) is 46.2 Å². The number of rotatable bonds is 14. The largest absolute Gasteiger partial charge is 0.379 e. The van der Waals surface area contributed by atoms with Gasteiger partial charge in [-0.3, -0.25) is 9.11 Å². The van der Waals surface area contributed by atoms with Crippen molar-refractivity contribution in [3.05, 3.63) is 58.7 Å². The Bertz CT molecular complexity index is 1040. The summed E-state index contributed by atoms with van der Waals surface area (Å²) in [6, 6.07) is 8.92.